The third kappa shape index (κ3) is 2.98. The number of carbonyl (C=O) groups is 1. The molecule has 0 aliphatic heterocycles. The largest absolute Gasteiger partial charge is 0.493 e. The highest BCUT2D eigenvalue weighted by Gasteiger charge is 2.26. The first-order valence-corrected chi connectivity index (χ1v) is 8.92. The zero-order valence-electron chi connectivity index (χ0n) is 14.5. The van der Waals surface area contributed by atoms with Crippen LogP contribution in [0.4, 0.5) is 0 Å². The van der Waals surface area contributed by atoms with Crippen LogP contribution in [0.15, 0.2) is 23.9 Å². The number of thiophene rings is 1. The third-order valence-corrected chi connectivity index (χ3v) is 5.73. The molecule has 0 radical (unpaired) electrons. The Balaban J connectivity index is 2.25. The van der Waals surface area contributed by atoms with Crippen molar-refractivity contribution in [1.82, 2.24) is 0 Å². The van der Waals surface area contributed by atoms with Crippen LogP contribution in [0.3, 0.4) is 0 Å². The van der Waals surface area contributed by atoms with E-state index in [-0.39, 0.29) is 0 Å². The zero-order valence-corrected chi connectivity index (χ0v) is 15.3. The molecule has 0 atom stereocenters. The van der Waals surface area contributed by atoms with Gasteiger partial charge in [0.15, 0.2) is 11.5 Å². The summed E-state index contributed by atoms with van der Waals surface area (Å²) < 4.78 is 10.8. The van der Waals surface area contributed by atoms with E-state index in [1.807, 2.05) is 25.1 Å². The van der Waals surface area contributed by atoms with Crippen molar-refractivity contribution in [1.29, 1.82) is 0 Å². The van der Waals surface area contributed by atoms with Crippen molar-refractivity contribution in [3.63, 3.8) is 0 Å². The highest BCUT2D eigenvalue weighted by molar-refractivity contribution is 7.14. The Bertz CT molecular complexity index is 867. The lowest BCUT2D eigenvalue weighted by Gasteiger charge is -2.23. The molecule has 1 aliphatic carbocycles. The number of methoxy groups -OCH3 is 2. The molecule has 0 bridgehead atoms. The average Bonchev–Trinajstić information content (AvgIpc) is 3.04. The van der Waals surface area contributed by atoms with E-state index in [2.05, 4.69) is 0 Å². The minimum absolute atomic E-state index is 0.331. The van der Waals surface area contributed by atoms with Gasteiger partial charge in [0.25, 0.3) is 0 Å². The van der Waals surface area contributed by atoms with Gasteiger partial charge in [0.1, 0.15) is 4.88 Å². The van der Waals surface area contributed by atoms with Crippen LogP contribution < -0.4 is 15.2 Å². The molecule has 0 saturated heterocycles. The van der Waals surface area contributed by atoms with E-state index >= 15 is 0 Å². The lowest BCUT2D eigenvalue weighted by Crippen LogP contribution is -2.13. The highest BCUT2D eigenvalue weighted by atomic mass is 32.1. The van der Waals surface area contributed by atoms with Crippen molar-refractivity contribution in [2.75, 3.05) is 14.2 Å². The number of hydrogen-bond donors (Lipinski definition) is 2. The number of fused-ring (bicyclic) bond motifs is 1. The maximum absolute atomic E-state index is 11.7. The Morgan fingerprint density at radius 1 is 1.16 bits per heavy atom. The number of rotatable bonds is 5. The number of allylic oxidation sites excluding steroid dienone is 1. The third-order valence-electron chi connectivity index (χ3n) is 4.46. The van der Waals surface area contributed by atoms with Crippen LogP contribution in [0.2, 0.25) is 0 Å². The predicted molar refractivity (Wildman–Crippen MR) is 98.7 cm³/mol. The molecule has 25 heavy (non-hydrogen) atoms. The lowest BCUT2D eigenvalue weighted by atomic mass is 9.84. The van der Waals surface area contributed by atoms with E-state index in [1.165, 1.54) is 11.3 Å². The first-order chi connectivity index (χ1) is 12.0. The van der Waals surface area contributed by atoms with Crippen LogP contribution in [0, 0.1) is 0 Å². The molecule has 5 nitrogen and oxygen atoms in total. The van der Waals surface area contributed by atoms with Crippen LogP contribution in [0.25, 0.3) is 5.57 Å². The minimum atomic E-state index is -0.924. The molecular formula is C19H21NO4S. The maximum Gasteiger partial charge on any atom is 0.346 e. The van der Waals surface area contributed by atoms with E-state index in [4.69, 9.17) is 15.2 Å². The molecule has 0 saturated carbocycles. The molecular weight excluding hydrogens is 338 g/mol. The molecule has 0 amide bonds. The Labute approximate surface area is 150 Å². The number of ether oxygens (including phenoxy) is 2. The highest BCUT2D eigenvalue weighted by Crippen LogP contribution is 2.42. The number of hydrogen-bond acceptors (Lipinski definition) is 5. The van der Waals surface area contributed by atoms with E-state index < -0.39 is 5.97 Å². The summed E-state index contributed by atoms with van der Waals surface area (Å²) in [5.41, 5.74) is 10.5. The van der Waals surface area contributed by atoms with Crippen LogP contribution in [0.5, 0.6) is 11.5 Å². The second kappa shape index (κ2) is 6.80. The summed E-state index contributed by atoms with van der Waals surface area (Å²) in [6.45, 7) is 2.02. The van der Waals surface area contributed by atoms with Crippen molar-refractivity contribution in [3.05, 3.63) is 50.3 Å². The number of nitrogens with two attached hydrogens (primary N) is 1. The molecule has 1 aromatic heterocycles. The van der Waals surface area contributed by atoms with Gasteiger partial charge in [-0.25, -0.2) is 4.79 Å². The summed E-state index contributed by atoms with van der Waals surface area (Å²) in [7, 11) is 3.19. The minimum Gasteiger partial charge on any atom is -0.493 e. The van der Waals surface area contributed by atoms with Crippen molar-refractivity contribution >= 4 is 22.9 Å². The molecule has 3 rings (SSSR count). The number of carboxylic acids is 1. The molecule has 0 unspecified atom stereocenters. The smallest absolute Gasteiger partial charge is 0.346 e. The van der Waals surface area contributed by atoms with E-state index in [0.29, 0.717) is 34.1 Å². The van der Waals surface area contributed by atoms with Gasteiger partial charge in [-0.2, -0.15) is 0 Å². The standard InChI is InChI=1S/C19H21NO4S/c1-4-11-8-13(18(25-11)19(21)22)17-12-9-16(24-3)15(23-2)7-10(12)5-6-14(17)20/h7-9H,4-6,20H2,1-3H3,(H,21,22). The van der Waals surface area contributed by atoms with Crippen molar-refractivity contribution in [2.45, 2.75) is 26.2 Å². The monoisotopic (exact) mass is 359 g/mol. The average molecular weight is 359 g/mol. The van der Waals surface area contributed by atoms with Crippen molar-refractivity contribution in [3.8, 4) is 11.5 Å². The van der Waals surface area contributed by atoms with E-state index in [1.54, 1.807) is 14.2 Å². The van der Waals surface area contributed by atoms with Crippen LogP contribution >= 0.6 is 11.3 Å². The normalized spacial score (nSPS) is 13.6. The van der Waals surface area contributed by atoms with Gasteiger partial charge in [-0.15, -0.1) is 11.3 Å². The Morgan fingerprint density at radius 2 is 1.84 bits per heavy atom. The van der Waals surface area contributed by atoms with E-state index in [9.17, 15) is 9.90 Å². The van der Waals surface area contributed by atoms with Gasteiger partial charge in [-0.3, -0.25) is 0 Å². The molecule has 1 aliphatic rings. The SMILES string of the molecule is CCc1cc(C2=C(N)CCc3cc(OC)c(OC)cc32)c(C(=O)O)s1. The second-order valence-electron chi connectivity index (χ2n) is 5.88. The molecule has 3 N–H and O–H groups in total. The van der Waals surface area contributed by atoms with Crippen LogP contribution in [-0.2, 0) is 12.8 Å². The quantitative estimate of drug-likeness (QED) is 0.851. The van der Waals surface area contributed by atoms with Crippen LogP contribution in [-0.4, -0.2) is 25.3 Å². The summed E-state index contributed by atoms with van der Waals surface area (Å²) in [6.07, 6.45) is 2.27. The summed E-state index contributed by atoms with van der Waals surface area (Å²) in [5.74, 6) is 0.350. The van der Waals surface area contributed by atoms with Crippen molar-refractivity contribution in [2.24, 2.45) is 5.73 Å². The van der Waals surface area contributed by atoms with Gasteiger partial charge in [0.05, 0.1) is 14.2 Å². The fourth-order valence-corrected chi connectivity index (χ4v) is 4.15. The molecule has 132 valence electrons. The maximum atomic E-state index is 11.7. The number of carboxylic acid groups (broad SMARTS) is 1. The summed E-state index contributed by atoms with van der Waals surface area (Å²) in [5, 5.41) is 9.62. The van der Waals surface area contributed by atoms with Gasteiger partial charge >= 0.3 is 5.97 Å². The second-order valence-corrected chi connectivity index (χ2v) is 7.02. The van der Waals surface area contributed by atoms with Gasteiger partial charge in [0.2, 0.25) is 0 Å². The lowest BCUT2D eigenvalue weighted by molar-refractivity contribution is 0.0702. The predicted octanol–water partition coefficient (Wildman–Crippen LogP) is 3.69. The Morgan fingerprint density at radius 3 is 2.44 bits per heavy atom. The fraction of sp³-hybridized carbons (Fsp3) is 0.316. The molecule has 0 fully saturated rings. The Hall–Kier alpha value is -2.47. The van der Waals surface area contributed by atoms with Crippen LogP contribution in [0.1, 0.15) is 44.6 Å². The molecule has 6 heteroatoms. The molecule has 1 aromatic carbocycles. The van der Waals surface area contributed by atoms with Gasteiger partial charge in [-0.1, -0.05) is 6.92 Å². The van der Waals surface area contributed by atoms with Gasteiger partial charge in [-0.05, 0) is 48.6 Å². The summed E-state index contributed by atoms with van der Waals surface area (Å²) in [4.78, 5) is 13.1. The number of aryl methyl sites for hydroxylation is 2. The first-order valence-electron chi connectivity index (χ1n) is 8.10. The summed E-state index contributed by atoms with van der Waals surface area (Å²) in [6, 6.07) is 5.79. The summed E-state index contributed by atoms with van der Waals surface area (Å²) >= 11 is 1.31. The zero-order chi connectivity index (χ0) is 18.1. The number of benzene rings is 1. The van der Waals surface area contributed by atoms with E-state index in [0.717, 1.165) is 34.4 Å². The topological polar surface area (TPSA) is 81.8 Å². The van der Waals surface area contributed by atoms with Gasteiger partial charge < -0.3 is 20.3 Å². The first kappa shape index (κ1) is 17.4. The molecule has 1 heterocycles. The number of aromatic carboxylic acids is 1. The van der Waals surface area contributed by atoms with Crippen molar-refractivity contribution < 1.29 is 19.4 Å². The molecule has 2 aromatic rings. The molecule has 0 spiro atoms. The fourth-order valence-electron chi connectivity index (χ4n) is 3.21. The van der Waals surface area contributed by atoms with Gasteiger partial charge in [0, 0.05) is 21.7 Å². The Kier molecular flexibility index (Phi) is 4.72.